The lowest BCUT2D eigenvalue weighted by molar-refractivity contribution is -0.169. The first kappa shape index (κ1) is 30.9. The number of nitroso groups, excluding NO2 is 1. The number of allylic oxidation sites excluding steroid dienone is 1. The number of thioether (sulfide) groups is 1. The Bertz CT molecular complexity index is 1060. The molecule has 17 heteroatoms. The lowest BCUT2D eigenvalue weighted by atomic mass is 10.0. The Balaban J connectivity index is 2.27. The number of halogens is 1. The van der Waals surface area contributed by atoms with E-state index >= 15 is 0 Å². The average molecular weight is 623 g/mol. The summed E-state index contributed by atoms with van der Waals surface area (Å²) in [5, 5.41) is 13.5. The van der Waals surface area contributed by atoms with Crippen LogP contribution in [0.2, 0.25) is 0 Å². The number of nitrogens with one attached hydrogen (secondary N) is 1. The second-order valence-corrected chi connectivity index (χ2v) is 9.96. The molecule has 0 radical (unpaired) electrons. The topological polar surface area (TPSA) is 190 Å². The SMILES string of the molecule is CC(C)OC(=O)O[C@@H](C)OC(=O)C1=C(COC(=O)N(C)C)CS[C@@H]2[C@H](NC(=O)/C(N=O)=C(\O)CBr)C(=O)N12. The average Bonchev–Trinajstić information content (AvgIpc) is 2.84. The number of nitrogens with zero attached hydrogens (tertiary/aromatic N) is 3. The van der Waals surface area contributed by atoms with Crippen LogP contribution >= 0.6 is 27.7 Å². The third-order valence-electron chi connectivity index (χ3n) is 4.84. The van der Waals surface area contributed by atoms with Crippen molar-refractivity contribution in [3.63, 3.8) is 0 Å². The van der Waals surface area contributed by atoms with E-state index in [-0.39, 0.29) is 29.0 Å². The number of β-lactam (4-membered cyclic amide) rings is 1. The Hall–Kier alpha value is -3.34. The van der Waals surface area contributed by atoms with Crippen molar-refractivity contribution in [1.29, 1.82) is 0 Å². The van der Waals surface area contributed by atoms with Gasteiger partial charge in [-0.3, -0.25) is 14.5 Å². The van der Waals surface area contributed by atoms with Gasteiger partial charge in [0.1, 0.15) is 29.5 Å². The molecule has 0 saturated carbocycles. The van der Waals surface area contributed by atoms with Crippen LogP contribution in [-0.2, 0) is 33.3 Å². The second-order valence-electron chi connectivity index (χ2n) is 8.29. The van der Waals surface area contributed by atoms with Crippen LogP contribution in [0.25, 0.3) is 0 Å². The Kier molecular flexibility index (Phi) is 10.9. The van der Waals surface area contributed by atoms with Gasteiger partial charge in [0.2, 0.25) is 12.0 Å². The van der Waals surface area contributed by atoms with Crippen LogP contribution in [0.5, 0.6) is 0 Å². The molecule has 0 unspecified atom stereocenters. The van der Waals surface area contributed by atoms with Gasteiger partial charge in [-0.1, -0.05) is 15.9 Å². The number of aliphatic hydroxyl groups excluding tert-OH is 1. The smallest absolute Gasteiger partial charge is 0.509 e. The van der Waals surface area contributed by atoms with Crippen LogP contribution in [-0.4, -0.2) is 101 Å². The highest BCUT2D eigenvalue weighted by Crippen LogP contribution is 2.41. The molecule has 0 aromatic rings. The molecule has 0 aromatic heterocycles. The third kappa shape index (κ3) is 7.37. The summed E-state index contributed by atoms with van der Waals surface area (Å²) in [4.78, 5) is 75.3. The molecule has 3 atom stereocenters. The maximum absolute atomic E-state index is 13.1. The van der Waals surface area contributed by atoms with Gasteiger partial charge in [0.25, 0.3) is 11.8 Å². The van der Waals surface area contributed by atoms with E-state index in [2.05, 4.69) is 26.4 Å². The highest BCUT2D eigenvalue weighted by atomic mass is 79.9. The summed E-state index contributed by atoms with van der Waals surface area (Å²) in [6.07, 6.45) is -3.65. The van der Waals surface area contributed by atoms with Gasteiger partial charge >= 0.3 is 18.2 Å². The van der Waals surface area contributed by atoms with Crippen molar-refractivity contribution in [3.8, 4) is 0 Å². The van der Waals surface area contributed by atoms with Crippen molar-refractivity contribution in [2.45, 2.75) is 44.6 Å². The molecular formula is C21H27BrN4O11S. The maximum atomic E-state index is 13.1. The molecular weight excluding hydrogens is 596 g/mol. The Morgan fingerprint density at radius 3 is 2.42 bits per heavy atom. The summed E-state index contributed by atoms with van der Waals surface area (Å²) in [6.45, 7) is 4.10. The van der Waals surface area contributed by atoms with Gasteiger partial charge in [-0.15, -0.1) is 16.7 Å². The highest BCUT2D eigenvalue weighted by Gasteiger charge is 2.55. The number of rotatable bonds is 10. The van der Waals surface area contributed by atoms with Crippen LogP contribution in [0.15, 0.2) is 27.9 Å². The number of aliphatic hydroxyl groups is 1. The number of carbonyl (C=O) groups excluding carboxylic acids is 5. The van der Waals surface area contributed by atoms with E-state index in [0.717, 1.165) is 16.7 Å². The largest absolute Gasteiger partial charge is 0.511 e. The summed E-state index contributed by atoms with van der Waals surface area (Å²) in [5.41, 5.74) is -0.829. The van der Waals surface area contributed by atoms with E-state index in [9.17, 15) is 34.0 Å². The minimum absolute atomic E-state index is 0.0951. The molecule has 38 heavy (non-hydrogen) atoms. The quantitative estimate of drug-likeness (QED) is 0.0525. The number of alkyl halides is 1. The lowest BCUT2D eigenvalue weighted by Crippen LogP contribution is -2.70. The third-order valence-corrected chi connectivity index (χ3v) is 6.71. The van der Waals surface area contributed by atoms with Crippen molar-refractivity contribution in [1.82, 2.24) is 15.1 Å². The van der Waals surface area contributed by atoms with Crippen LogP contribution in [0.1, 0.15) is 20.8 Å². The zero-order valence-corrected chi connectivity index (χ0v) is 23.5. The first-order valence-corrected chi connectivity index (χ1v) is 13.2. The molecule has 210 valence electrons. The van der Waals surface area contributed by atoms with Crippen LogP contribution in [0.4, 0.5) is 9.59 Å². The molecule has 0 bridgehead atoms. The fourth-order valence-corrected chi connectivity index (χ4v) is 4.74. The summed E-state index contributed by atoms with van der Waals surface area (Å²) < 4.78 is 20.1. The molecule has 2 heterocycles. The molecule has 1 fully saturated rings. The number of amides is 3. The van der Waals surface area contributed by atoms with E-state index in [1.165, 1.54) is 25.9 Å². The summed E-state index contributed by atoms with van der Waals surface area (Å²) in [6, 6.07) is -1.17. The molecule has 2 N–H and O–H groups in total. The Morgan fingerprint density at radius 1 is 1.21 bits per heavy atom. The standard InChI is InChI=1S/C21H27BrN4O11S/c1-9(2)35-21(32)37-10(3)36-19(30)15-11(7-34-20(31)25(4)5)8-38-18-14(17(29)26(15)18)23-16(28)13(24-33)12(27)6-22/h9-10,14,18,27H,6-8H2,1-5H3,(H,23,28)/b13-12+/t10-,14+,18+/m0/s1. The first-order chi connectivity index (χ1) is 17.8. The molecule has 0 aliphatic carbocycles. The molecule has 2 rings (SSSR count). The highest BCUT2D eigenvalue weighted by molar-refractivity contribution is 9.09. The van der Waals surface area contributed by atoms with Gasteiger partial charge in [0.15, 0.2) is 0 Å². The monoisotopic (exact) mass is 622 g/mol. The second kappa shape index (κ2) is 13.5. The van der Waals surface area contributed by atoms with Gasteiger partial charge < -0.3 is 34.3 Å². The Labute approximate surface area is 229 Å². The molecule has 1 saturated heterocycles. The summed E-state index contributed by atoms with van der Waals surface area (Å²) in [7, 11) is 2.92. The van der Waals surface area contributed by atoms with E-state index in [0.29, 0.717) is 0 Å². The van der Waals surface area contributed by atoms with Gasteiger partial charge in [-0.2, -0.15) is 0 Å². The van der Waals surface area contributed by atoms with E-state index in [1.54, 1.807) is 13.8 Å². The minimum Gasteiger partial charge on any atom is -0.509 e. The zero-order valence-electron chi connectivity index (χ0n) is 21.1. The number of esters is 1. The van der Waals surface area contributed by atoms with Crippen LogP contribution in [0.3, 0.4) is 0 Å². The molecule has 15 nitrogen and oxygen atoms in total. The van der Waals surface area contributed by atoms with E-state index in [4.69, 9.17) is 18.9 Å². The van der Waals surface area contributed by atoms with Crippen molar-refractivity contribution in [2.75, 3.05) is 31.8 Å². The molecule has 2 aliphatic rings. The number of carbonyl (C=O) groups is 5. The summed E-state index contributed by atoms with van der Waals surface area (Å²) in [5.74, 6) is -3.41. The number of hydrogen-bond acceptors (Lipinski definition) is 13. The van der Waals surface area contributed by atoms with Crippen LogP contribution in [0, 0.1) is 4.91 Å². The lowest BCUT2D eigenvalue weighted by Gasteiger charge is -2.49. The first-order valence-electron chi connectivity index (χ1n) is 11.0. The van der Waals surface area contributed by atoms with E-state index < -0.39 is 65.3 Å². The Morgan fingerprint density at radius 2 is 1.87 bits per heavy atom. The van der Waals surface area contributed by atoms with Crippen molar-refractivity contribution < 1.29 is 48.0 Å². The molecule has 2 aliphatic heterocycles. The van der Waals surface area contributed by atoms with Gasteiger partial charge in [0.05, 0.1) is 11.4 Å². The molecule has 0 aromatic carbocycles. The number of hydrogen-bond donors (Lipinski definition) is 2. The van der Waals surface area contributed by atoms with Crippen molar-refractivity contribution in [2.24, 2.45) is 5.18 Å². The van der Waals surface area contributed by atoms with Gasteiger partial charge in [-0.05, 0) is 19.0 Å². The normalized spacial score (nSPS) is 19.9. The minimum atomic E-state index is -1.40. The zero-order chi connectivity index (χ0) is 28.7. The summed E-state index contributed by atoms with van der Waals surface area (Å²) >= 11 is 4.04. The van der Waals surface area contributed by atoms with Crippen molar-refractivity contribution >= 4 is 57.7 Å². The fraction of sp³-hybridized carbons (Fsp3) is 0.571. The number of fused-ring (bicyclic) bond motifs is 1. The number of ether oxygens (including phenoxy) is 4. The predicted molar refractivity (Wildman–Crippen MR) is 135 cm³/mol. The molecule has 0 spiro atoms. The fourth-order valence-electron chi connectivity index (χ4n) is 3.15. The van der Waals surface area contributed by atoms with Gasteiger partial charge in [0, 0.05) is 32.3 Å². The maximum Gasteiger partial charge on any atom is 0.511 e. The van der Waals surface area contributed by atoms with Crippen LogP contribution < -0.4 is 5.32 Å². The van der Waals surface area contributed by atoms with Gasteiger partial charge in [-0.25, -0.2) is 14.4 Å². The van der Waals surface area contributed by atoms with E-state index in [1.807, 2.05) is 0 Å². The molecule has 3 amide bonds. The van der Waals surface area contributed by atoms with Crippen molar-refractivity contribution in [3.05, 3.63) is 27.6 Å². The predicted octanol–water partition coefficient (Wildman–Crippen LogP) is 1.72.